The molecular weight excluding hydrogens is 408 g/mol. The highest BCUT2D eigenvalue weighted by Gasteiger charge is 2.54. The van der Waals surface area contributed by atoms with E-state index in [1.54, 1.807) is 32.7 Å². The Morgan fingerprint density at radius 3 is 2.34 bits per heavy atom. The number of benzene rings is 1. The zero-order valence-corrected chi connectivity index (χ0v) is 20.3. The summed E-state index contributed by atoms with van der Waals surface area (Å²) in [5, 5.41) is 2.84. The molecule has 1 N–H and O–H groups in total. The van der Waals surface area contributed by atoms with E-state index >= 15 is 0 Å². The van der Waals surface area contributed by atoms with Gasteiger partial charge in [-0.3, -0.25) is 9.69 Å². The summed E-state index contributed by atoms with van der Waals surface area (Å²) in [5.41, 5.74) is -1.11. The molecule has 2 rings (SSSR count). The lowest BCUT2D eigenvalue weighted by molar-refractivity contribution is -0.170. The molecule has 1 aromatic carbocycles. The van der Waals surface area contributed by atoms with Crippen LogP contribution in [-0.4, -0.2) is 53.5 Å². The number of ketones is 1. The van der Waals surface area contributed by atoms with Crippen molar-refractivity contribution in [1.29, 1.82) is 0 Å². The number of nitrogens with one attached hydrogen (secondary N) is 1. The van der Waals surface area contributed by atoms with Crippen LogP contribution in [0.25, 0.3) is 0 Å². The molecule has 7 nitrogen and oxygen atoms in total. The SMILES string of the molecule is CC(C)C[C@H](CC(=O)[C@@]1(C(=O)OC(C)(C)C)CCCN1C)NC(=O)OCc1ccccc1. The number of hydrogen-bond donors (Lipinski definition) is 1. The van der Waals surface area contributed by atoms with Crippen LogP contribution >= 0.6 is 0 Å². The van der Waals surface area contributed by atoms with Crippen molar-refractivity contribution in [2.24, 2.45) is 5.92 Å². The van der Waals surface area contributed by atoms with Gasteiger partial charge in [0, 0.05) is 12.5 Å². The number of amides is 1. The number of likely N-dealkylation sites (tertiary alicyclic amines) is 1. The van der Waals surface area contributed by atoms with E-state index < -0.39 is 29.2 Å². The Bertz CT molecular complexity index is 787. The lowest BCUT2D eigenvalue weighted by Crippen LogP contribution is -2.58. The Hall–Kier alpha value is -2.41. The van der Waals surface area contributed by atoms with Crippen molar-refractivity contribution >= 4 is 17.8 Å². The highest BCUT2D eigenvalue weighted by atomic mass is 16.6. The van der Waals surface area contributed by atoms with E-state index in [0.717, 1.165) is 12.0 Å². The summed E-state index contributed by atoms with van der Waals surface area (Å²) in [7, 11) is 1.79. The molecule has 0 bridgehead atoms. The van der Waals surface area contributed by atoms with E-state index in [9.17, 15) is 14.4 Å². The fourth-order valence-corrected chi connectivity index (χ4v) is 4.13. The fraction of sp³-hybridized carbons (Fsp3) is 0.640. The minimum absolute atomic E-state index is 0.0438. The molecule has 0 aromatic heterocycles. The number of esters is 1. The highest BCUT2D eigenvalue weighted by Crippen LogP contribution is 2.33. The third-order valence-electron chi connectivity index (χ3n) is 5.60. The summed E-state index contributed by atoms with van der Waals surface area (Å²) in [6.07, 6.45) is 1.23. The van der Waals surface area contributed by atoms with Gasteiger partial charge in [-0.05, 0) is 65.1 Å². The second kappa shape index (κ2) is 10.9. The van der Waals surface area contributed by atoms with Crippen molar-refractivity contribution in [2.75, 3.05) is 13.6 Å². The van der Waals surface area contributed by atoms with E-state index in [2.05, 4.69) is 5.32 Å². The quantitative estimate of drug-likeness (QED) is 0.454. The van der Waals surface area contributed by atoms with Gasteiger partial charge in [-0.1, -0.05) is 44.2 Å². The summed E-state index contributed by atoms with van der Waals surface area (Å²) in [6, 6.07) is 8.98. The predicted molar refractivity (Wildman–Crippen MR) is 123 cm³/mol. The second-order valence-corrected chi connectivity index (χ2v) is 10.0. The van der Waals surface area contributed by atoms with E-state index in [1.165, 1.54) is 0 Å². The number of carbonyl (C=O) groups is 3. The fourth-order valence-electron chi connectivity index (χ4n) is 4.13. The number of ether oxygens (including phenoxy) is 2. The normalized spacial score (nSPS) is 20.1. The van der Waals surface area contributed by atoms with Crippen LogP contribution in [0.3, 0.4) is 0 Å². The van der Waals surface area contributed by atoms with Crippen LogP contribution in [0.4, 0.5) is 4.79 Å². The Kier molecular flexibility index (Phi) is 8.84. The minimum Gasteiger partial charge on any atom is -0.458 e. The number of carbonyl (C=O) groups excluding carboxylic acids is 3. The van der Waals surface area contributed by atoms with E-state index in [4.69, 9.17) is 9.47 Å². The average molecular weight is 447 g/mol. The second-order valence-electron chi connectivity index (χ2n) is 10.0. The summed E-state index contributed by atoms with van der Waals surface area (Å²) < 4.78 is 11.0. The zero-order chi connectivity index (χ0) is 23.9. The third kappa shape index (κ3) is 7.05. The monoisotopic (exact) mass is 446 g/mol. The van der Waals surface area contributed by atoms with Crippen molar-refractivity contribution in [1.82, 2.24) is 10.2 Å². The molecule has 2 atom stereocenters. The van der Waals surface area contributed by atoms with Crippen LogP contribution in [-0.2, 0) is 25.7 Å². The summed E-state index contributed by atoms with van der Waals surface area (Å²) in [6.45, 7) is 10.2. The number of nitrogens with zero attached hydrogens (tertiary/aromatic N) is 1. The minimum atomic E-state index is -1.31. The molecule has 1 aliphatic rings. The molecule has 1 heterocycles. The molecule has 1 aromatic rings. The smallest absolute Gasteiger partial charge is 0.407 e. The van der Waals surface area contributed by atoms with Gasteiger partial charge in [0.15, 0.2) is 11.3 Å². The molecule has 1 saturated heterocycles. The Labute approximate surface area is 191 Å². The van der Waals surface area contributed by atoms with Crippen LogP contribution in [0, 0.1) is 5.92 Å². The third-order valence-corrected chi connectivity index (χ3v) is 5.60. The van der Waals surface area contributed by atoms with Gasteiger partial charge in [0.05, 0.1) is 0 Å². The largest absolute Gasteiger partial charge is 0.458 e. The van der Waals surface area contributed by atoms with Crippen LogP contribution < -0.4 is 5.32 Å². The van der Waals surface area contributed by atoms with Crippen LogP contribution in [0.2, 0.25) is 0 Å². The maximum Gasteiger partial charge on any atom is 0.407 e. The van der Waals surface area contributed by atoms with E-state index in [0.29, 0.717) is 19.4 Å². The number of hydrogen-bond acceptors (Lipinski definition) is 6. The molecule has 32 heavy (non-hydrogen) atoms. The lowest BCUT2D eigenvalue weighted by atomic mass is 9.85. The molecule has 0 saturated carbocycles. The van der Waals surface area contributed by atoms with Crippen LogP contribution in [0.1, 0.15) is 65.9 Å². The molecule has 1 amide bonds. The predicted octanol–water partition coefficient (Wildman–Crippen LogP) is 4.09. The average Bonchev–Trinajstić information content (AvgIpc) is 3.08. The summed E-state index contributed by atoms with van der Waals surface area (Å²) in [4.78, 5) is 40.9. The van der Waals surface area contributed by atoms with Crippen LogP contribution in [0.5, 0.6) is 0 Å². The molecule has 0 radical (unpaired) electrons. The van der Waals surface area contributed by atoms with Crippen molar-refractivity contribution in [3.05, 3.63) is 35.9 Å². The molecular formula is C25H38N2O5. The highest BCUT2D eigenvalue weighted by molar-refractivity contribution is 6.09. The first-order valence-electron chi connectivity index (χ1n) is 11.4. The Morgan fingerprint density at radius 2 is 1.81 bits per heavy atom. The van der Waals surface area contributed by atoms with E-state index in [1.807, 2.05) is 44.2 Å². The van der Waals surface area contributed by atoms with Gasteiger partial charge in [-0.25, -0.2) is 9.59 Å². The van der Waals surface area contributed by atoms with Gasteiger partial charge in [0.1, 0.15) is 12.2 Å². The molecule has 1 fully saturated rings. The van der Waals surface area contributed by atoms with Crippen molar-refractivity contribution < 1.29 is 23.9 Å². The first-order chi connectivity index (χ1) is 14.9. The van der Waals surface area contributed by atoms with Gasteiger partial charge in [0.25, 0.3) is 0 Å². The standard InChI is InChI=1S/C25H38N2O5/c1-18(2)15-20(26-23(30)31-17-19-11-8-7-9-12-19)16-21(28)25(13-10-14-27(25)6)22(29)32-24(3,4)5/h7-9,11-12,18,20H,10,13-17H2,1-6H3,(H,26,30)/t20-,25-/m1/s1. The summed E-state index contributed by atoms with van der Waals surface area (Å²) in [5.74, 6) is -0.480. The van der Waals surface area contributed by atoms with Gasteiger partial charge in [0.2, 0.25) is 0 Å². The number of likely N-dealkylation sites (N-methyl/N-ethyl adjacent to an activating group) is 1. The number of alkyl carbamates (subject to hydrolysis) is 1. The summed E-state index contributed by atoms with van der Waals surface area (Å²) >= 11 is 0. The van der Waals surface area contributed by atoms with Gasteiger partial charge < -0.3 is 14.8 Å². The number of Topliss-reactive ketones (excluding diaryl/α,β-unsaturated/α-hetero) is 1. The molecule has 7 heteroatoms. The first-order valence-corrected chi connectivity index (χ1v) is 11.4. The van der Waals surface area contributed by atoms with Crippen molar-refractivity contribution in [2.45, 2.75) is 84.1 Å². The maximum atomic E-state index is 13.5. The molecule has 178 valence electrons. The van der Waals surface area contributed by atoms with Gasteiger partial charge in [-0.15, -0.1) is 0 Å². The lowest BCUT2D eigenvalue weighted by Gasteiger charge is -2.36. The zero-order valence-electron chi connectivity index (χ0n) is 20.3. The number of rotatable bonds is 9. The molecule has 0 unspecified atom stereocenters. The maximum absolute atomic E-state index is 13.5. The van der Waals surface area contributed by atoms with Crippen molar-refractivity contribution in [3.63, 3.8) is 0 Å². The van der Waals surface area contributed by atoms with Crippen LogP contribution in [0.15, 0.2) is 30.3 Å². The molecule has 1 aliphatic heterocycles. The van der Waals surface area contributed by atoms with Gasteiger partial charge in [-0.2, -0.15) is 0 Å². The topological polar surface area (TPSA) is 84.9 Å². The molecule has 0 aliphatic carbocycles. The Morgan fingerprint density at radius 1 is 1.16 bits per heavy atom. The Balaban J connectivity index is 2.10. The van der Waals surface area contributed by atoms with Gasteiger partial charge >= 0.3 is 12.1 Å². The first kappa shape index (κ1) is 25.8. The van der Waals surface area contributed by atoms with E-state index in [-0.39, 0.29) is 24.7 Å². The molecule has 0 spiro atoms. The van der Waals surface area contributed by atoms with Crippen molar-refractivity contribution in [3.8, 4) is 0 Å².